The van der Waals surface area contributed by atoms with Crippen molar-refractivity contribution in [3.05, 3.63) is 70.4 Å². The fourth-order valence-corrected chi connectivity index (χ4v) is 3.04. The normalized spacial score (nSPS) is 10.5. The molecular weight excluding hydrogens is 322 g/mol. The molecule has 0 fully saturated rings. The van der Waals surface area contributed by atoms with Crippen molar-refractivity contribution >= 4 is 28.7 Å². The first-order valence-corrected chi connectivity index (χ1v) is 8.46. The van der Waals surface area contributed by atoms with Gasteiger partial charge in [-0.3, -0.25) is 9.59 Å². The van der Waals surface area contributed by atoms with E-state index in [9.17, 15) is 9.59 Å². The van der Waals surface area contributed by atoms with Gasteiger partial charge in [0.1, 0.15) is 0 Å². The minimum Gasteiger partial charge on any atom is -0.331 e. The topological polar surface area (TPSA) is 64.0 Å². The molecule has 0 aliphatic rings. The summed E-state index contributed by atoms with van der Waals surface area (Å²) < 4.78 is 1.68. The molecule has 1 N–H and O–H groups in total. The molecule has 5 nitrogen and oxygen atoms in total. The van der Waals surface area contributed by atoms with Crippen LogP contribution in [-0.4, -0.2) is 21.2 Å². The average Bonchev–Trinajstić information content (AvgIpc) is 3.24. The second kappa shape index (κ2) is 7.23. The summed E-state index contributed by atoms with van der Waals surface area (Å²) in [6, 6.07) is 10.9. The Labute approximate surface area is 144 Å². The Bertz CT molecular complexity index is 836. The second-order valence-corrected chi connectivity index (χ2v) is 6.43. The van der Waals surface area contributed by atoms with Gasteiger partial charge in [-0.15, -0.1) is 11.3 Å². The predicted octanol–water partition coefficient (Wildman–Crippen LogP) is 3.28. The number of aromatic nitrogens is 2. The van der Waals surface area contributed by atoms with Crippen molar-refractivity contribution < 1.29 is 9.59 Å². The molecule has 6 heteroatoms. The van der Waals surface area contributed by atoms with E-state index in [0.717, 1.165) is 6.42 Å². The van der Waals surface area contributed by atoms with Gasteiger partial charge in [-0.25, -0.2) is 4.98 Å². The lowest BCUT2D eigenvalue weighted by Gasteiger charge is -2.06. The van der Waals surface area contributed by atoms with Crippen LogP contribution in [0.5, 0.6) is 0 Å². The van der Waals surface area contributed by atoms with Crippen LogP contribution in [0.15, 0.2) is 54.2 Å². The van der Waals surface area contributed by atoms with E-state index in [1.54, 1.807) is 59.6 Å². The van der Waals surface area contributed by atoms with Crippen LogP contribution in [0.3, 0.4) is 0 Å². The fourth-order valence-electron chi connectivity index (χ4n) is 2.33. The van der Waals surface area contributed by atoms with Gasteiger partial charge in [0, 0.05) is 42.0 Å². The van der Waals surface area contributed by atoms with Gasteiger partial charge in [-0.2, -0.15) is 0 Å². The lowest BCUT2D eigenvalue weighted by molar-refractivity contribution is -0.116. The molecule has 0 unspecified atom stereocenters. The van der Waals surface area contributed by atoms with Gasteiger partial charge in [0.25, 0.3) is 0 Å². The molecule has 0 aliphatic carbocycles. The number of rotatable bonds is 6. The number of carbonyl (C=O) groups is 2. The molecule has 24 heavy (non-hydrogen) atoms. The lowest BCUT2D eigenvalue weighted by Crippen LogP contribution is -2.12. The van der Waals surface area contributed by atoms with Crippen molar-refractivity contribution in [1.29, 1.82) is 0 Å². The Kier molecular flexibility index (Phi) is 4.86. The van der Waals surface area contributed by atoms with Gasteiger partial charge in [0.15, 0.2) is 5.82 Å². The molecule has 0 saturated heterocycles. The third-order valence-corrected chi connectivity index (χ3v) is 4.57. The van der Waals surface area contributed by atoms with Crippen molar-refractivity contribution in [3.8, 4) is 0 Å². The van der Waals surface area contributed by atoms with Crippen molar-refractivity contribution in [2.24, 2.45) is 7.05 Å². The Morgan fingerprint density at radius 3 is 2.62 bits per heavy atom. The van der Waals surface area contributed by atoms with Crippen molar-refractivity contribution in [2.75, 3.05) is 5.32 Å². The molecule has 3 aromatic rings. The SMILES string of the molecule is Cn1ccnc1C(=O)c1ccc(NC(=O)CCc2cccs2)cc1. The largest absolute Gasteiger partial charge is 0.331 e. The van der Waals surface area contributed by atoms with Crippen LogP contribution in [0.4, 0.5) is 5.69 Å². The third kappa shape index (κ3) is 3.78. The number of aryl methyl sites for hydroxylation is 2. The third-order valence-electron chi connectivity index (χ3n) is 3.63. The molecule has 0 atom stereocenters. The van der Waals surface area contributed by atoms with Crippen LogP contribution in [0, 0.1) is 0 Å². The van der Waals surface area contributed by atoms with Gasteiger partial charge in [0.05, 0.1) is 0 Å². The molecule has 0 saturated carbocycles. The second-order valence-electron chi connectivity index (χ2n) is 5.40. The Morgan fingerprint density at radius 2 is 2.00 bits per heavy atom. The number of ketones is 1. The first-order chi connectivity index (χ1) is 11.6. The quantitative estimate of drug-likeness (QED) is 0.701. The summed E-state index contributed by atoms with van der Waals surface area (Å²) in [7, 11) is 1.78. The molecule has 3 rings (SSSR count). The number of nitrogens with one attached hydrogen (secondary N) is 1. The highest BCUT2D eigenvalue weighted by Gasteiger charge is 2.13. The Morgan fingerprint density at radius 1 is 1.21 bits per heavy atom. The molecule has 122 valence electrons. The molecule has 2 aromatic heterocycles. The lowest BCUT2D eigenvalue weighted by atomic mass is 10.1. The summed E-state index contributed by atoms with van der Waals surface area (Å²) >= 11 is 1.65. The first kappa shape index (κ1) is 16.1. The molecule has 0 aliphatic heterocycles. The van der Waals surface area contributed by atoms with E-state index in [-0.39, 0.29) is 11.7 Å². The van der Waals surface area contributed by atoms with E-state index in [4.69, 9.17) is 0 Å². The molecule has 0 bridgehead atoms. The standard InChI is InChI=1S/C18H17N3O2S/c1-21-11-10-19-18(21)17(23)13-4-6-14(7-5-13)20-16(22)9-8-15-3-2-12-24-15/h2-7,10-12H,8-9H2,1H3,(H,20,22). The van der Waals surface area contributed by atoms with Crippen LogP contribution in [0.25, 0.3) is 0 Å². The summed E-state index contributed by atoms with van der Waals surface area (Å²) in [6.07, 6.45) is 4.50. The van der Waals surface area contributed by atoms with Crippen LogP contribution in [0.2, 0.25) is 0 Å². The monoisotopic (exact) mass is 339 g/mol. The van der Waals surface area contributed by atoms with E-state index in [1.165, 1.54) is 4.88 Å². The number of thiophene rings is 1. The van der Waals surface area contributed by atoms with Crippen molar-refractivity contribution in [3.63, 3.8) is 0 Å². The maximum Gasteiger partial charge on any atom is 0.228 e. The summed E-state index contributed by atoms with van der Waals surface area (Å²) in [5.74, 6) is 0.215. The fraction of sp³-hybridized carbons (Fsp3) is 0.167. The van der Waals surface area contributed by atoms with Gasteiger partial charge in [-0.1, -0.05) is 6.07 Å². The zero-order valence-electron chi connectivity index (χ0n) is 13.2. The minimum atomic E-state index is -0.141. The smallest absolute Gasteiger partial charge is 0.228 e. The number of amides is 1. The van der Waals surface area contributed by atoms with E-state index in [1.807, 2.05) is 17.5 Å². The highest BCUT2D eigenvalue weighted by Crippen LogP contribution is 2.15. The number of anilines is 1. The number of hydrogen-bond donors (Lipinski definition) is 1. The maximum atomic E-state index is 12.3. The number of nitrogens with zero attached hydrogens (tertiary/aromatic N) is 2. The van der Waals surface area contributed by atoms with E-state index >= 15 is 0 Å². The highest BCUT2D eigenvalue weighted by molar-refractivity contribution is 7.09. The van der Waals surface area contributed by atoms with E-state index < -0.39 is 0 Å². The van der Waals surface area contributed by atoms with Crippen molar-refractivity contribution in [2.45, 2.75) is 12.8 Å². The summed E-state index contributed by atoms with van der Waals surface area (Å²) in [4.78, 5) is 29.5. The summed E-state index contributed by atoms with van der Waals surface area (Å²) in [6.45, 7) is 0. The molecule has 1 aromatic carbocycles. The highest BCUT2D eigenvalue weighted by atomic mass is 32.1. The summed E-state index contributed by atoms with van der Waals surface area (Å²) in [5, 5.41) is 4.85. The van der Waals surface area contributed by atoms with Gasteiger partial charge >= 0.3 is 0 Å². The van der Waals surface area contributed by atoms with Crippen LogP contribution in [-0.2, 0) is 18.3 Å². The molecule has 1 amide bonds. The first-order valence-electron chi connectivity index (χ1n) is 7.58. The Hall–Kier alpha value is -2.73. The predicted molar refractivity (Wildman–Crippen MR) is 94.4 cm³/mol. The van der Waals surface area contributed by atoms with E-state index in [2.05, 4.69) is 10.3 Å². The Balaban J connectivity index is 1.59. The van der Waals surface area contributed by atoms with Gasteiger partial charge in [-0.05, 0) is 42.1 Å². The van der Waals surface area contributed by atoms with Crippen LogP contribution < -0.4 is 5.32 Å². The average molecular weight is 339 g/mol. The number of imidazole rings is 1. The van der Waals surface area contributed by atoms with Crippen LogP contribution in [0.1, 0.15) is 27.5 Å². The molecule has 2 heterocycles. The van der Waals surface area contributed by atoms with Crippen molar-refractivity contribution in [1.82, 2.24) is 9.55 Å². The maximum absolute atomic E-state index is 12.3. The van der Waals surface area contributed by atoms with E-state index in [0.29, 0.717) is 23.5 Å². The molecule has 0 spiro atoms. The number of benzene rings is 1. The zero-order chi connectivity index (χ0) is 16.9. The van der Waals surface area contributed by atoms with Gasteiger partial charge < -0.3 is 9.88 Å². The minimum absolute atomic E-state index is 0.0356. The van der Waals surface area contributed by atoms with Gasteiger partial charge in [0.2, 0.25) is 11.7 Å². The number of hydrogen-bond acceptors (Lipinski definition) is 4. The summed E-state index contributed by atoms with van der Waals surface area (Å²) in [5.41, 5.74) is 1.23. The zero-order valence-corrected chi connectivity index (χ0v) is 14.0. The number of carbonyl (C=O) groups excluding carboxylic acids is 2. The molecular formula is C18H17N3O2S. The molecule has 0 radical (unpaired) electrons. The van der Waals surface area contributed by atoms with Crippen LogP contribution >= 0.6 is 11.3 Å².